The molecule has 2 aromatic carbocycles. The van der Waals surface area contributed by atoms with Gasteiger partial charge < -0.3 is 9.64 Å². The zero-order chi connectivity index (χ0) is 19.1. The molecular formula is C21H22ClFN2O2. The maximum absolute atomic E-state index is 13.7. The van der Waals surface area contributed by atoms with Gasteiger partial charge in [0.25, 0.3) is 5.91 Å². The van der Waals surface area contributed by atoms with E-state index in [4.69, 9.17) is 16.3 Å². The summed E-state index contributed by atoms with van der Waals surface area (Å²) in [6.07, 6.45) is 0. The summed E-state index contributed by atoms with van der Waals surface area (Å²) < 4.78 is 19.0. The zero-order valence-corrected chi connectivity index (χ0v) is 16.1. The average Bonchev–Trinajstić information content (AvgIpc) is 3.20. The van der Waals surface area contributed by atoms with Crippen LogP contribution in [0.3, 0.4) is 0 Å². The van der Waals surface area contributed by atoms with Crippen molar-refractivity contribution < 1.29 is 13.9 Å². The number of nitrogens with zero attached hydrogens (tertiary/aromatic N) is 2. The van der Waals surface area contributed by atoms with Crippen molar-refractivity contribution in [2.75, 3.05) is 33.8 Å². The third-order valence-corrected chi connectivity index (χ3v) is 6.11. The molecule has 142 valence electrons. The van der Waals surface area contributed by atoms with E-state index in [0.29, 0.717) is 30.5 Å². The van der Waals surface area contributed by atoms with Gasteiger partial charge in [-0.25, -0.2) is 4.39 Å². The lowest BCUT2D eigenvalue weighted by molar-refractivity contribution is 0.0767. The molecule has 2 aliphatic rings. The van der Waals surface area contributed by atoms with Crippen LogP contribution >= 0.6 is 11.6 Å². The van der Waals surface area contributed by atoms with Gasteiger partial charge >= 0.3 is 0 Å². The minimum Gasteiger partial charge on any atom is -0.497 e. The highest BCUT2D eigenvalue weighted by Gasteiger charge is 2.47. The molecule has 0 aliphatic carbocycles. The molecule has 3 atom stereocenters. The van der Waals surface area contributed by atoms with Gasteiger partial charge in [-0.3, -0.25) is 9.69 Å². The van der Waals surface area contributed by atoms with E-state index in [1.807, 2.05) is 17.0 Å². The molecule has 0 spiro atoms. The standard InChI is InChI=1S/C21H22ClFN2O2/c1-24-10-15-11-25(21(26)14-5-8-18(22)19(23)9-14)12-17(15)20(24)13-3-6-16(27-2)7-4-13/h3-9,15,17,20H,10-12H2,1-2H3/t15-,17+,20+/m0/s1. The predicted molar refractivity (Wildman–Crippen MR) is 103 cm³/mol. The molecule has 0 saturated carbocycles. The first-order valence-electron chi connectivity index (χ1n) is 9.06. The molecule has 2 heterocycles. The number of methoxy groups -OCH3 is 1. The van der Waals surface area contributed by atoms with Crippen LogP contribution in [0, 0.1) is 17.7 Å². The van der Waals surface area contributed by atoms with Gasteiger partial charge in [0.15, 0.2) is 0 Å². The lowest BCUT2D eigenvalue weighted by Gasteiger charge is -2.27. The third kappa shape index (κ3) is 3.30. The second-order valence-corrected chi connectivity index (χ2v) is 7.83. The smallest absolute Gasteiger partial charge is 0.253 e. The molecule has 2 aliphatic heterocycles. The summed E-state index contributed by atoms with van der Waals surface area (Å²) in [6.45, 7) is 2.32. The van der Waals surface area contributed by atoms with E-state index in [0.717, 1.165) is 12.3 Å². The first-order chi connectivity index (χ1) is 13.0. The van der Waals surface area contributed by atoms with Crippen LogP contribution in [0.15, 0.2) is 42.5 Å². The Hall–Kier alpha value is -2.11. The SMILES string of the molecule is COc1ccc([C@@H]2[C@@H]3CN(C(=O)c4ccc(Cl)c(F)c4)C[C@@H]3CN2C)cc1. The number of likely N-dealkylation sites (tertiary alicyclic amines) is 2. The van der Waals surface area contributed by atoms with Crippen LogP contribution in [0.25, 0.3) is 0 Å². The number of hydrogen-bond acceptors (Lipinski definition) is 3. The fourth-order valence-electron chi connectivity index (χ4n) is 4.54. The number of carbonyl (C=O) groups excluding carboxylic acids is 1. The number of fused-ring (bicyclic) bond motifs is 1. The highest BCUT2D eigenvalue weighted by molar-refractivity contribution is 6.30. The Bertz CT molecular complexity index is 858. The van der Waals surface area contributed by atoms with E-state index < -0.39 is 5.82 Å². The first-order valence-corrected chi connectivity index (χ1v) is 9.44. The Labute approximate surface area is 163 Å². The molecule has 0 aromatic heterocycles. The van der Waals surface area contributed by atoms with Gasteiger partial charge in [-0.1, -0.05) is 23.7 Å². The van der Waals surface area contributed by atoms with Crippen LogP contribution in [0.5, 0.6) is 5.75 Å². The molecule has 0 radical (unpaired) electrons. The molecule has 0 unspecified atom stereocenters. The molecule has 0 N–H and O–H groups in total. The van der Waals surface area contributed by atoms with Crippen LogP contribution in [0.2, 0.25) is 5.02 Å². The molecule has 4 nitrogen and oxygen atoms in total. The van der Waals surface area contributed by atoms with Crippen molar-refractivity contribution in [1.82, 2.24) is 9.80 Å². The second kappa shape index (κ2) is 7.13. The topological polar surface area (TPSA) is 32.8 Å². The number of benzene rings is 2. The molecule has 0 bridgehead atoms. The third-order valence-electron chi connectivity index (χ3n) is 5.81. The number of amides is 1. The van der Waals surface area contributed by atoms with Crippen molar-refractivity contribution >= 4 is 17.5 Å². The summed E-state index contributed by atoms with van der Waals surface area (Å²) in [4.78, 5) is 17.0. The van der Waals surface area contributed by atoms with E-state index in [1.54, 1.807) is 13.2 Å². The fraction of sp³-hybridized carbons (Fsp3) is 0.381. The summed E-state index contributed by atoms with van der Waals surface area (Å²) in [5, 5.41) is 0.0334. The summed E-state index contributed by atoms with van der Waals surface area (Å²) in [7, 11) is 3.79. The van der Waals surface area contributed by atoms with Crippen LogP contribution in [-0.4, -0.2) is 49.5 Å². The van der Waals surface area contributed by atoms with Crippen LogP contribution in [-0.2, 0) is 0 Å². The molecular weight excluding hydrogens is 367 g/mol. The van der Waals surface area contributed by atoms with Gasteiger partial charge in [0.05, 0.1) is 12.1 Å². The second-order valence-electron chi connectivity index (χ2n) is 7.42. The van der Waals surface area contributed by atoms with E-state index >= 15 is 0 Å². The average molecular weight is 389 g/mol. The fourth-order valence-corrected chi connectivity index (χ4v) is 4.66. The van der Waals surface area contributed by atoms with Crippen molar-refractivity contribution in [2.24, 2.45) is 11.8 Å². The largest absolute Gasteiger partial charge is 0.497 e. The highest BCUT2D eigenvalue weighted by atomic mass is 35.5. The van der Waals surface area contributed by atoms with E-state index in [1.165, 1.54) is 17.7 Å². The lowest BCUT2D eigenvalue weighted by atomic mass is 9.89. The minimum atomic E-state index is -0.558. The van der Waals surface area contributed by atoms with Gasteiger partial charge in [-0.2, -0.15) is 0 Å². The number of carbonyl (C=O) groups is 1. The van der Waals surface area contributed by atoms with E-state index in [-0.39, 0.29) is 17.0 Å². The van der Waals surface area contributed by atoms with Crippen LogP contribution in [0.4, 0.5) is 4.39 Å². The molecule has 2 saturated heterocycles. The Morgan fingerprint density at radius 1 is 1.15 bits per heavy atom. The maximum atomic E-state index is 13.7. The van der Waals surface area contributed by atoms with Gasteiger partial charge in [0.2, 0.25) is 0 Å². The molecule has 27 heavy (non-hydrogen) atoms. The Balaban J connectivity index is 1.53. The number of hydrogen-bond donors (Lipinski definition) is 0. The lowest BCUT2D eigenvalue weighted by Crippen LogP contribution is -2.33. The minimum absolute atomic E-state index is 0.0334. The van der Waals surface area contributed by atoms with Crippen LogP contribution in [0.1, 0.15) is 22.0 Å². The highest BCUT2D eigenvalue weighted by Crippen LogP contribution is 2.44. The Morgan fingerprint density at radius 2 is 1.89 bits per heavy atom. The monoisotopic (exact) mass is 388 g/mol. The maximum Gasteiger partial charge on any atom is 0.253 e. The van der Waals surface area contributed by atoms with E-state index in [9.17, 15) is 9.18 Å². The van der Waals surface area contributed by atoms with Crippen molar-refractivity contribution in [3.8, 4) is 5.75 Å². The summed E-state index contributed by atoms with van der Waals surface area (Å²) in [5.41, 5.74) is 1.59. The van der Waals surface area contributed by atoms with Crippen molar-refractivity contribution in [2.45, 2.75) is 6.04 Å². The summed E-state index contributed by atoms with van der Waals surface area (Å²) in [6, 6.07) is 12.7. The quantitative estimate of drug-likeness (QED) is 0.800. The Kier molecular flexibility index (Phi) is 4.82. The van der Waals surface area contributed by atoms with Crippen molar-refractivity contribution in [3.05, 3.63) is 64.4 Å². The molecule has 1 amide bonds. The van der Waals surface area contributed by atoms with Gasteiger partial charge in [0, 0.05) is 37.2 Å². The van der Waals surface area contributed by atoms with Gasteiger partial charge in [-0.05, 0) is 48.9 Å². The normalized spacial score (nSPS) is 24.9. The predicted octanol–water partition coefficient (Wildman–Crippen LogP) is 3.86. The molecule has 6 heteroatoms. The molecule has 2 fully saturated rings. The van der Waals surface area contributed by atoms with Crippen molar-refractivity contribution in [1.29, 1.82) is 0 Å². The zero-order valence-electron chi connectivity index (χ0n) is 15.4. The van der Waals surface area contributed by atoms with Gasteiger partial charge in [-0.15, -0.1) is 0 Å². The first kappa shape index (κ1) is 18.3. The van der Waals surface area contributed by atoms with Gasteiger partial charge in [0.1, 0.15) is 11.6 Å². The molecule has 4 rings (SSSR count). The number of ether oxygens (including phenoxy) is 1. The Morgan fingerprint density at radius 3 is 2.56 bits per heavy atom. The van der Waals surface area contributed by atoms with Crippen LogP contribution < -0.4 is 4.74 Å². The summed E-state index contributed by atoms with van der Waals surface area (Å²) >= 11 is 5.73. The van der Waals surface area contributed by atoms with E-state index in [2.05, 4.69) is 24.1 Å². The molecule has 2 aromatic rings. The summed E-state index contributed by atoms with van der Waals surface area (Å²) in [5.74, 6) is 0.936. The number of rotatable bonds is 3. The number of halogens is 2. The van der Waals surface area contributed by atoms with Crippen molar-refractivity contribution in [3.63, 3.8) is 0 Å².